The van der Waals surface area contributed by atoms with E-state index in [2.05, 4.69) is 93.7 Å². The van der Waals surface area contributed by atoms with Crippen LogP contribution in [0.4, 0.5) is 0 Å². The molecule has 0 N–H and O–H groups in total. The molecule has 0 saturated heterocycles. The van der Waals surface area contributed by atoms with Gasteiger partial charge in [-0.1, -0.05) is 248 Å². The molecule has 0 amide bonds. The summed E-state index contributed by atoms with van der Waals surface area (Å²) in [6.45, 7) is 7.78. The van der Waals surface area contributed by atoms with Crippen molar-refractivity contribution < 1.29 is 23.8 Å². The van der Waals surface area contributed by atoms with Crippen LogP contribution >= 0.6 is 0 Å². The molecule has 0 rings (SSSR count). The fourth-order valence-electron chi connectivity index (χ4n) is 8.60. The van der Waals surface area contributed by atoms with Gasteiger partial charge < -0.3 is 14.2 Å². The van der Waals surface area contributed by atoms with E-state index in [0.29, 0.717) is 19.4 Å². The molecule has 0 aromatic heterocycles. The largest absolute Gasteiger partial charge is 0.462 e. The van der Waals surface area contributed by atoms with Crippen LogP contribution in [-0.2, 0) is 23.8 Å². The number of rotatable bonds is 56. The maximum atomic E-state index is 12.9. The number of ether oxygens (including phenoxy) is 3. The lowest BCUT2D eigenvalue weighted by atomic mass is 10.1. The van der Waals surface area contributed by atoms with E-state index < -0.39 is 6.10 Å². The molecular formula is C65H116O5. The smallest absolute Gasteiger partial charge is 0.306 e. The van der Waals surface area contributed by atoms with Gasteiger partial charge in [0, 0.05) is 19.4 Å². The molecule has 0 radical (unpaired) electrons. The third-order valence-electron chi connectivity index (χ3n) is 13.2. The van der Waals surface area contributed by atoms with Gasteiger partial charge in [0.2, 0.25) is 0 Å². The van der Waals surface area contributed by atoms with Gasteiger partial charge in [-0.15, -0.1) is 0 Å². The molecule has 0 fully saturated rings. The van der Waals surface area contributed by atoms with E-state index in [9.17, 15) is 9.59 Å². The topological polar surface area (TPSA) is 61.8 Å². The number of carbonyl (C=O) groups excluding carboxylic acids is 2. The van der Waals surface area contributed by atoms with Crippen molar-refractivity contribution in [3.63, 3.8) is 0 Å². The number of allylic oxidation sites excluding steroid dienone is 12. The third kappa shape index (κ3) is 57.9. The second-order valence-corrected chi connectivity index (χ2v) is 20.2. The number of hydrogen-bond donors (Lipinski definition) is 0. The molecule has 0 bridgehead atoms. The van der Waals surface area contributed by atoms with Crippen LogP contribution in [0.1, 0.15) is 303 Å². The summed E-state index contributed by atoms with van der Waals surface area (Å²) >= 11 is 0. The Morgan fingerprint density at radius 1 is 0.314 bits per heavy atom. The summed E-state index contributed by atoms with van der Waals surface area (Å²) in [6, 6.07) is 0. The van der Waals surface area contributed by atoms with Gasteiger partial charge in [0.1, 0.15) is 6.61 Å². The van der Waals surface area contributed by atoms with Gasteiger partial charge in [0.05, 0.1) is 6.61 Å². The van der Waals surface area contributed by atoms with E-state index in [1.54, 1.807) is 0 Å². The molecule has 0 aromatic rings. The molecule has 5 nitrogen and oxygen atoms in total. The van der Waals surface area contributed by atoms with Crippen molar-refractivity contribution in [3.8, 4) is 0 Å². The molecule has 70 heavy (non-hydrogen) atoms. The summed E-state index contributed by atoms with van der Waals surface area (Å²) in [5.74, 6) is -0.413. The highest BCUT2D eigenvalue weighted by Crippen LogP contribution is 2.15. The van der Waals surface area contributed by atoms with Crippen LogP contribution in [0, 0.1) is 0 Å². The van der Waals surface area contributed by atoms with Crippen molar-refractivity contribution >= 4 is 11.9 Å². The Balaban J connectivity index is 4.29. The molecule has 5 heteroatoms. The van der Waals surface area contributed by atoms with Crippen LogP contribution in [0.25, 0.3) is 0 Å². The average molecular weight is 978 g/mol. The summed E-state index contributed by atoms with van der Waals surface area (Å²) in [6.07, 6.45) is 79.2. The number of esters is 2. The van der Waals surface area contributed by atoms with E-state index in [1.807, 2.05) is 0 Å². The Morgan fingerprint density at radius 3 is 1.00 bits per heavy atom. The van der Waals surface area contributed by atoms with Gasteiger partial charge in [0.25, 0.3) is 0 Å². The van der Waals surface area contributed by atoms with Crippen molar-refractivity contribution in [2.24, 2.45) is 0 Å². The Kier molecular flexibility index (Phi) is 58.3. The SMILES string of the molecule is CCCCC/C=C\C/C=C\C/C=C\CCCCCCCCC(=O)OCC(COCCCCCCCCCCCC/C=C\C/C=C\CCCCC)OC(=O)CCCCCCC/C=C\CCCCCCCC. The first-order chi connectivity index (χ1) is 34.6. The summed E-state index contributed by atoms with van der Waals surface area (Å²) in [4.78, 5) is 25.6. The Labute approximate surface area is 436 Å². The maximum Gasteiger partial charge on any atom is 0.306 e. The first-order valence-corrected chi connectivity index (χ1v) is 30.5. The van der Waals surface area contributed by atoms with Gasteiger partial charge >= 0.3 is 11.9 Å². The highest BCUT2D eigenvalue weighted by atomic mass is 16.6. The van der Waals surface area contributed by atoms with Crippen molar-refractivity contribution in [2.45, 2.75) is 309 Å². The molecular weight excluding hydrogens is 861 g/mol. The highest BCUT2D eigenvalue weighted by Gasteiger charge is 2.17. The maximum absolute atomic E-state index is 12.9. The van der Waals surface area contributed by atoms with E-state index in [1.165, 1.54) is 186 Å². The molecule has 1 atom stereocenters. The van der Waals surface area contributed by atoms with Crippen LogP contribution in [0.2, 0.25) is 0 Å². The molecule has 0 aliphatic heterocycles. The number of hydrogen-bond acceptors (Lipinski definition) is 5. The van der Waals surface area contributed by atoms with Gasteiger partial charge in [-0.25, -0.2) is 0 Å². The summed E-state index contributed by atoms with van der Waals surface area (Å²) in [5.41, 5.74) is 0. The third-order valence-corrected chi connectivity index (χ3v) is 13.2. The first kappa shape index (κ1) is 67.3. The van der Waals surface area contributed by atoms with Crippen molar-refractivity contribution in [3.05, 3.63) is 72.9 Å². The predicted molar refractivity (Wildman–Crippen MR) is 307 cm³/mol. The highest BCUT2D eigenvalue weighted by molar-refractivity contribution is 5.70. The van der Waals surface area contributed by atoms with Crippen LogP contribution in [0.5, 0.6) is 0 Å². The van der Waals surface area contributed by atoms with Crippen molar-refractivity contribution in [1.29, 1.82) is 0 Å². The van der Waals surface area contributed by atoms with E-state index in [4.69, 9.17) is 14.2 Å². The minimum atomic E-state index is -0.551. The Bertz CT molecular complexity index is 1240. The molecule has 0 heterocycles. The van der Waals surface area contributed by atoms with Crippen LogP contribution in [0.3, 0.4) is 0 Å². The normalized spacial score (nSPS) is 12.7. The van der Waals surface area contributed by atoms with Gasteiger partial charge in [-0.3, -0.25) is 9.59 Å². The quantitative estimate of drug-likeness (QED) is 0.0345. The standard InChI is InChI=1S/C65H116O5/c1-4-7-10-13-16-19-22-25-28-30-32-34-36-39-42-45-48-51-54-57-60-68-61-63(70-65(67)59-56-53-50-47-44-41-37-27-24-21-18-15-12-9-6-3)62-69-64(66)58-55-52-49-46-43-40-38-35-33-31-29-26-23-20-17-14-11-8-5-2/h16-17,19-20,25-29,33,35,37,63H,4-15,18,21-24,30-32,34,36,38-62H2,1-3H3/b19-16-,20-17-,28-25-,29-26-,35-33-,37-27-. The minimum Gasteiger partial charge on any atom is -0.462 e. The molecule has 0 spiro atoms. The van der Waals surface area contributed by atoms with Crippen LogP contribution < -0.4 is 0 Å². The lowest BCUT2D eigenvalue weighted by Gasteiger charge is -2.18. The van der Waals surface area contributed by atoms with E-state index >= 15 is 0 Å². The monoisotopic (exact) mass is 977 g/mol. The Morgan fingerprint density at radius 2 is 0.600 bits per heavy atom. The lowest BCUT2D eigenvalue weighted by molar-refractivity contribution is -0.163. The van der Waals surface area contributed by atoms with Gasteiger partial charge in [-0.05, 0) is 116 Å². The lowest BCUT2D eigenvalue weighted by Crippen LogP contribution is -2.30. The van der Waals surface area contributed by atoms with E-state index in [-0.39, 0.29) is 25.2 Å². The second-order valence-electron chi connectivity index (χ2n) is 20.2. The van der Waals surface area contributed by atoms with Gasteiger partial charge in [0.15, 0.2) is 6.10 Å². The molecule has 0 aromatic carbocycles. The molecule has 1 unspecified atom stereocenters. The van der Waals surface area contributed by atoms with Crippen LogP contribution in [0.15, 0.2) is 72.9 Å². The summed E-state index contributed by atoms with van der Waals surface area (Å²) < 4.78 is 17.5. The molecule has 0 saturated carbocycles. The predicted octanol–water partition coefficient (Wildman–Crippen LogP) is 21.0. The number of unbranched alkanes of at least 4 members (excludes halogenated alkanes) is 33. The first-order valence-electron chi connectivity index (χ1n) is 30.5. The molecule has 0 aliphatic rings. The average Bonchev–Trinajstić information content (AvgIpc) is 3.36. The zero-order chi connectivity index (χ0) is 50.6. The number of carbonyl (C=O) groups is 2. The zero-order valence-corrected chi connectivity index (χ0v) is 46.8. The second kappa shape index (κ2) is 60.6. The van der Waals surface area contributed by atoms with Crippen molar-refractivity contribution in [1.82, 2.24) is 0 Å². The summed E-state index contributed by atoms with van der Waals surface area (Å²) in [5, 5.41) is 0. The fourth-order valence-corrected chi connectivity index (χ4v) is 8.60. The minimum absolute atomic E-state index is 0.0734. The van der Waals surface area contributed by atoms with Crippen molar-refractivity contribution in [2.75, 3.05) is 19.8 Å². The van der Waals surface area contributed by atoms with Gasteiger partial charge in [-0.2, -0.15) is 0 Å². The zero-order valence-electron chi connectivity index (χ0n) is 46.8. The van der Waals surface area contributed by atoms with Crippen LogP contribution in [-0.4, -0.2) is 37.9 Å². The molecule has 0 aliphatic carbocycles. The Hall–Kier alpha value is -2.66. The molecule has 406 valence electrons. The fraction of sp³-hybridized carbons (Fsp3) is 0.785. The summed E-state index contributed by atoms with van der Waals surface area (Å²) in [7, 11) is 0. The van der Waals surface area contributed by atoms with E-state index in [0.717, 1.165) is 83.5 Å².